The molecule has 0 aliphatic heterocycles. The van der Waals surface area contributed by atoms with Gasteiger partial charge in [0.2, 0.25) is 0 Å². The molecule has 2 aromatic rings. The molecule has 1 aromatic carbocycles. The third kappa shape index (κ3) is 1.42. The predicted octanol–water partition coefficient (Wildman–Crippen LogP) is 2.47. The molecule has 1 aromatic heterocycles. The van der Waals surface area contributed by atoms with Gasteiger partial charge in [-0.2, -0.15) is 0 Å². The molecule has 0 saturated carbocycles. The number of fused-ring (bicyclic) bond motifs is 1. The van der Waals surface area contributed by atoms with Gasteiger partial charge in [0.25, 0.3) is 0 Å². The molecule has 4 heteroatoms. The predicted molar refractivity (Wildman–Crippen MR) is 50.8 cm³/mol. The van der Waals surface area contributed by atoms with Crippen LogP contribution in [0.15, 0.2) is 24.5 Å². The zero-order valence-electron chi connectivity index (χ0n) is 6.99. The van der Waals surface area contributed by atoms with Crippen molar-refractivity contribution in [3.8, 4) is 5.75 Å². The van der Waals surface area contributed by atoms with Crippen LogP contribution in [0.25, 0.3) is 11.0 Å². The Hall–Kier alpha value is -1.35. The molecule has 0 amide bonds. The summed E-state index contributed by atoms with van der Waals surface area (Å²) in [7, 11) is 0. The van der Waals surface area contributed by atoms with Crippen LogP contribution in [0, 0.1) is 6.92 Å². The Morgan fingerprint density at radius 2 is 2.00 bits per heavy atom. The summed E-state index contributed by atoms with van der Waals surface area (Å²) in [4.78, 5) is 8.27. The molecule has 0 unspecified atom stereocenters. The number of aromatic nitrogens is 2. The van der Waals surface area contributed by atoms with E-state index in [1.807, 2.05) is 19.1 Å². The van der Waals surface area contributed by atoms with Gasteiger partial charge in [-0.25, -0.2) is 4.98 Å². The highest BCUT2D eigenvalue weighted by Gasteiger charge is 2.04. The Morgan fingerprint density at radius 1 is 1.23 bits per heavy atom. The fourth-order valence-corrected chi connectivity index (χ4v) is 1.35. The number of rotatable bonds is 1. The van der Waals surface area contributed by atoms with E-state index in [1.165, 1.54) is 0 Å². The maximum absolute atomic E-state index is 5.31. The standard InChI is InChI=1S/C9H7ClN2O/c1-6-4-7-9(8(5-6)13-10)12-3-2-11-7/h2-5H,1H3. The van der Waals surface area contributed by atoms with E-state index in [4.69, 9.17) is 11.9 Å². The van der Waals surface area contributed by atoms with Crippen LogP contribution in [0.4, 0.5) is 0 Å². The number of hydrogen-bond acceptors (Lipinski definition) is 3. The van der Waals surface area contributed by atoms with Crippen LogP contribution < -0.4 is 4.29 Å². The molecule has 3 nitrogen and oxygen atoms in total. The summed E-state index contributed by atoms with van der Waals surface area (Å²) < 4.78 is 4.68. The number of aryl methyl sites for hydroxylation is 1. The lowest BCUT2D eigenvalue weighted by molar-refractivity contribution is 0.624. The van der Waals surface area contributed by atoms with Crippen LogP contribution in [-0.2, 0) is 0 Å². The minimum Gasteiger partial charge on any atom is -0.383 e. The SMILES string of the molecule is Cc1cc(OCl)c2nccnc2c1. The van der Waals surface area contributed by atoms with E-state index >= 15 is 0 Å². The summed E-state index contributed by atoms with van der Waals surface area (Å²) >= 11 is 5.31. The van der Waals surface area contributed by atoms with Crippen LogP contribution in [0.3, 0.4) is 0 Å². The van der Waals surface area contributed by atoms with Crippen LogP contribution in [-0.4, -0.2) is 9.97 Å². The van der Waals surface area contributed by atoms with Crippen molar-refractivity contribution in [3.05, 3.63) is 30.1 Å². The summed E-state index contributed by atoms with van der Waals surface area (Å²) in [6.07, 6.45) is 3.25. The van der Waals surface area contributed by atoms with Crippen molar-refractivity contribution >= 4 is 22.9 Å². The molecular weight excluding hydrogens is 188 g/mol. The highest BCUT2D eigenvalue weighted by molar-refractivity contribution is 6.10. The molecule has 0 spiro atoms. The summed E-state index contributed by atoms with van der Waals surface area (Å²) in [5.74, 6) is 0.546. The van der Waals surface area contributed by atoms with E-state index in [0.29, 0.717) is 11.3 Å². The van der Waals surface area contributed by atoms with Gasteiger partial charge in [-0.15, -0.1) is 0 Å². The molecule has 13 heavy (non-hydrogen) atoms. The molecule has 0 fully saturated rings. The highest BCUT2D eigenvalue weighted by atomic mass is 35.5. The molecule has 0 aliphatic rings. The van der Waals surface area contributed by atoms with Gasteiger partial charge in [0, 0.05) is 12.4 Å². The summed E-state index contributed by atoms with van der Waals surface area (Å²) in [6, 6.07) is 3.76. The molecule has 2 rings (SSSR count). The van der Waals surface area contributed by atoms with Crippen molar-refractivity contribution in [3.63, 3.8) is 0 Å². The quantitative estimate of drug-likeness (QED) is 0.700. The summed E-state index contributed by atoms with van der Waals surface area (Å²) in [5.41, 5.74) is 2.52. The second-order valence-corrected chi connectivity index (χ2v) is 2.92. The van der Waals surface area contributed by atoms with E-state index in [9.17, 15) is 0 Å². The van der Waals surface area contributed by atoms with Crippen LogP contribution in [0.5, 0.6) is 5.75 Å². The number of halogens is 1. The topological polar surface area (TPSA) is 35.0 Å². The number of hydrogen-bond donors (Lipinski definition) is 0. The Morgan fingerprint density at radius 3 is 2.77 bits per heavy atom. The second kappa shape index (κ2) is 3.18. The molecule has 0 saturated heterocycles. The Labute approximate surface area is 80.5 Å². The molecule has 0 aliphatic carbocycles. The average molecular weight is 195 g/mol. The molecule has 0 atom stereocenters. The molecule has 0 radical (unpaired) electrons. The van der Waals surface area contributed by atoms with Gasteiger partial charge in [0.05, 0.1) is 5.52 Å². The Balaban J connectivity index is 2.81. The van der Waals surface area contributed by atoms with Crippen molar-refractivity contribution in [2.75, 3.05) is 0 Å². The Bertz CT molecular complexity index is 445. The van der Waals surface area contributed by atoms with E-state index in [1.54, 1.807) is 12.4 Å². The first-order valence-corrected chi connectivity index (χ1v) is 4.12. The first-order valence-electron chi connectivity index (χ1n) is 3.81. The monoisotopic (exact) mass is 194 g/mol. The lowest BCUT2D eigenvalue weighted by Crippen LogP contribution is -1.87. The van der Waals surface area contributed by atoms with E-state index in [-0.39, 0.29) is 0 Å². The third-order valence-electron chi connectivity index (χ3n) is 1.77. The van der Waals surface area contributed by atoms with Gasteiger partial charge in [-0.05, 0) is 24.6 Å². The smallest absolute Gasteiger partial charge is 0.174 e. The molecule has 66 valence electrons. The molecule has 0 N–H and O–H groups in total. The maximum Gasteiger partial charge on any atom is 0.174 e. The highest BCUT2D eigenvalue weighted by Crippen LogP contribution is 2.24. The largest absolute Gasteiger partial charge is 0.383 e. The summed E-state index contributed by atoms with van der Waals surface area (Å²) in [6.45, 7) is 1.95. The van der Waals surface area contributed by atoms with E-state index in [0.717, 1.165) is 11.1 Å². The van der Waals surface area contributed by atoms with Crippen LogP contribution in [0.1, 0.15) is 5.56 Å². The van der Waals surface area contributed by atoms with Crippen LogP contribution >= 0.6 is 11.9 Å². The van der Waals surface area contributed by atoms with Crippen molar-refractivity contribution in [1.29, 1.82) is 0 Å². The fraction of sp³-hybridized carbons (Fsp3) is 0.111. The van der Waals surface area contributed by atoms with Crippen molar-refractivity contribution in [1.82, 2.24) is 9.97 Å². The zero-order valence-corrected chi connectivity index (χ0v) is 7.75. The van der Waals surface area contributed by atoms with Gasteiger partial charge < -0.3 is 4.29 Å². The molecular formula is C9H7ClN2O. The van der Waals surface area contributed by atoms with Crippen molar-refractivity contribution in [2.45, 2.75) is 6.92 Å². The number of benzene rings is 1. The van der Waals surface area contributed by atoms with Crippen molar-refractivity contribution in [2.24, 2.45) is 0 Å². The van der Waals surface area contributed by atoms with Crippen LogP contribution in [0.2, 0.25) is 0 Å². The Kier molecular flexibility index (Phi) is 2.02. The van der Waals surface area contributed by atoms with Gasteiger partial charge in [0.1, 0.15) is 17.4 Å². The lowest BCUT2D eigenvalue weighted by Gasteiger charge is -2.02. The van der Waals surface area contributed by atoms with E-state index in [2.05, 4.69) is 14.3 Å². The van der Waals surface area contributed by atoms with Crippen molar-refractivity contribution < 1.29 is 4.29 Å². The lowest BCUT2D eigenvalue weighted by atomic mass is 10.2. The maximum atomic E-state index is 5.31. The van der Waals surface area contributed by atoms with Gasteiger partial charge in [-0.3, -0.25) is 4.98 Å². The van der Waals surface area contributed by atoms with Gasteiger partial charge in [0.15, 0.2) is 5.75 Å². The minimum atomic E-state index is 0.546. The molecule has 0 bridgehead atoms. The first-order chi connectivity index (χ1) is 6.31. The average Bonchev–Trinajstić information content (AvgIpc) is 2.16. The normalized spacial score (nSPS) is 10.3. The third-order valence-corrected chi connectivity index (χ3v) is 1.93. The molecule has 1 heterocycles. The van der Waals surface area contributed by atoms with Gasteiger partial charge >= 0.3 is 0 Å². The van der Waals surface area contributed by atoms with E-state index < -0.39 is 0 Å². The second-order valence-electron chi connectivity index (χ2n) is 2.76. The zero-order chi connectivity index (χ0) is 9.26. The summed E-state index contributed by atoms with van der Waals surface area (Å²) in [5, 5.41) is 0. The minimum absolute atomic E-state index is 0.546. The van der Waals surface area contributed by atoms with Gasteiger partial charge in [-0.1, -0.05) is 0 Å². The fourth-order valence-electron chi connectivity index (χ4n) is 1.24. The number of nitrogens with zero attached hydrogens (tertiary/aromatic N) is 2. The first kappa shape index (κ1) is 8.26.